The first-order chi connectivity index (χ1) is 8.22. The van der Waals surface area contributed by atoms with Crippen LogP contribution in [0.2, 0.25) is 0 Å². The fraction of sp³-hybridized carbons (Fsp3) is 0.556. The van der Waals surface area contributed by atoms with Gasteiger partial charge in [-0.05, 0) is 6.42 Å². The van der Waals surface area contributed by atoms with Crippen LogP contribution in [-0.2, 0) is 4.74 Å². The Bertz CT molecular complexity index is 447. The van der Waals surface area contributed by atoms with E-state index < -0.39 is 0 Å². The fourth-order valence-electron chi connectivity index (χ4n) is 1.56. The third-order valence-corrected chi connectivity index (χ3v) is 2.36. The zero-order valence-corrected chi connectivity index (χ0v) is 9.27. The molecule has 8 heteroatoms. The largest absolute Gasteiger partial charge is 0.396 e. The lowest BCUT2D eigenvalue weighted by Crippen LogP contribution is -2.27. The van der Waals surface area contributed by atoms with Gasteiger partial charge < -0.3 is 25.8 Å². The molecule has 0 saturated carbocycles. The van der Waals surface area contributed by atoms with Crippen molar-refractivity contribution in [3.05, 3.63) is 10.4 Å². The van der Waals surface area contributed by atoms with Gasteiger partial charge in [0, 0.05) is 6.61 Å². The molecule has 1 aliphatic rings. The summed E-state index contributed by atoms with van der Waals surface area (Å²) in [5, 5.41) is 11.5. The molecule has 5 N–H and O–H groups in total. The quantitative estimate of drug-likeness (QED) is 0.483. The molecule has 0 unspecified atom stereocenters. The van der Waals surface area contributed by atoms with E-state index in [4.69, 9.17) is 15.6 Å². The molecule has 0 aliphatic carbocycles. The van der Waals surface area contributed by atoms with Gasteiger partial charge in [0.25, 0.3) is 5.56 Å². The highest BCUT2D eigenvalue weighted by Gasteiger charge is 2.23. The predicted octanol–water partition coefficient (Wildman–Crippen LogP) is -1.10. The van der Waals surface area contributed by atoms with Crippen LogP contribution in [0.25, 0.3) is 0 Å². The molecular formula is C9H15N5O3. The number of aromatic nitrogens is 2. The summed E-state index contributed by atoms with van der Waals surface area (Å²) in [7, 11) is 0. The first kappa shape index (κ1) is 11.7. The molecule has 2 rings (SSSR count). The molecule has 1 aliphatic heterocycles. The van der Waals surface area contributed by atoms with E-state index in [2.05, 4.69) is 15.3 Å². The second-order valence-corrected chi connectivity index (χ2v) is 3.64. The molecule has 2 heterocycles. The lowest BCUT2D eigenvalue weighted by Gasteiger charge is -2.16. The van der Waals surface area contributed by atoms with E-state index in [9.17, 15) is 4.79 Å². The van der Waals surface area contributed by atoms with E-state index in [-0.39, 0.29) is 18.1 Å². The number of aliphatic hydroxyl groups excluding tert-OH is 1. The van der Waals surface area contributed by atoms with Crippen LogP contribution >= 0.6 is 0 Å². The Morgan fingerprint density at radius 2 is 2.41 bits per heavy atom. The van der Waals surface area contributed by atoms with Crippen molar-refractivity contribution in [2.45, 2.75) is 6.42 Å². The average Bonchev–Trinajstić information content (AvgIpc) is 2.68. The second-order valence-electron chi connectivity index (χ2n) is 3.64. The zero-order chi connectivity index (χ0) is 12.3. The van der Waals surface area contributed by atoms with Gasteiger partial charge in [0.1, 0.15) is 12.4 Å². The van der Waals surface area contributed by atoms with Crippen molar-refractivity contribution >= 4 is 17.5 Å². The van der Waals surface area contributed by atoms with Crippen LogP contribution in [0, 0.1) is 0 Å². The minimum absolute atomic E-state index is 0.0813. The Hall–Kier alpha value is -1.80. The van der Waals surface area contributed by atoms with Crippen LogP contribution < -0.4 is 21.5 Å². The summed E-state index contributed by atoms with van der Waals surface area (Å²) in [5.74, 6) is 0.577. The Morgan fingerprint density at radius 3 is 3.18 bits per heavy atom. The summed E-state index contributed by atoms with van der Waals surface area (Å²) in [4.78, 5) is 19.7. The summed E-state index contributed by atoms with van der Waals surface area (Å²) in [6, 6.07) is 0. The van der Waals surface area contributed by atoms with Gasteiger partial charge in [-0.15, -0.1) is 0 Å². The number of rotatable bonds is 5. The number of nitrogens with two attached hydrogens (primary N) is 1. The Morgan fingerprint density at radius 1 is 1.59 bits per heavy atom. The number of hydrogen-bond donors (Lipinski definition) is 4. The molecule has 0 amide bonds. The maximum atomic E-state index is 11.5. The van der Waals surface area contributed by atoms with E-state index in [1.807, 2.05) is 0 Å². The van der Waals surface area contributed by atoms with Gasteiger partial charge >= 0.3 is 0 Å². The molecule has 0 aromatic carbocycles. The van der Waals surface area contributed by atoms with E-state index in [1.165, 1.54) is 0 Å². The number of aliphatic hydroxyl groups is 1. The number of fused-ring (bicyclic) bond motifs is 1. The molecule has 1 aromatic heterocycles. The van der Waals surface area contributed by atoms with Crippen LogP contribution in [-0.4, -0.2) is 41.7 Å². The maximum Gasteiger partial charge on any atom is 0.277 e. The molecule has 1 aromatic rings. The van der Waals surface area contributed by atoms with Crippen LogP contribution in [0.1, 0.15) is 6.42 Å². The molecule has 0 atom stereocenters. The van der Waals surface area contributed by atoms with Crippen LogP contribution in [0.4, 0.5) is 17.5 Å². The van der Waals surface area contributed by atoms with Crippen molar-refractivity contribution in [3.63, 3.8) is 0 Å². The van der Waals surface area contributed by atoms with Gasteiger partial charge in [-0.25, -0.2) is 0 Å². The Balaban J connectivity index is 2.03. The van der Waals surface area contributed by atoms with Crippen molar-refractivity contribution in [2.75, 3.05) is 42.6 Å². The maximum absolute atomic E-state index is 11.5. The topological polar surface area (TPSA) is 116 Å². The summed E-state index contributed by atoms with van der Waals surface area (Å²) < 4.78 is 5.33. The third-order valence-electron chi connectivity index (χ3n) is 2.36. The molecule has 0 saturated heterocycles. The van der Waals surface area contributed by atoms with Gasteiger partial charge in [0.15, 0.2) is 5.82 Å². The molecule has 94 valence electrons. The van der Waals surface area contributed by atoms with Crippen LogP contribution in [0.15, 0.2) is 4.79 Å². The number of hydrogen-bond acceptors (Lipinski definition) is 7. The number of nitrogens with zero attached hydrogens (tertiary/aromatic N) is 2. The van der Waals surface area contributed by atoms with Crippen molar-refractivity contribution < 1.29 is 9.84 Å². The highest BCUT2D eigenvalue weighted by molar-refractivity contribution is 5.70. The molecule has 17 heavy (non-hydrogen) atoms. The first-order valence-corrected chi connectivity index (χ1v) is 5.29. The van der Waals surface area contributed by atoms with Gasteiger partial charge in [0.05, 0.1) is 13.3 Å². The van der Waals surface area contributed by atoms with Gasteiger partial charge in [-0.3, -0.25) is 9.78 Å². The highest BCUT2D eigenvalue weighted by Crippen LogP contribution is 2.24. The minimum Gasteiger partial charge on any atom is -0.396 e. The standard InChI is InChI=1S/C9H15N5O3/c10-9-12-7-6(8(16)13-9)11-4-14(7)5-17-3-1-2-15/h11,15H,1-5H2,(H3,10,12,13,16). The smallest absolute Gasteiger partial charge is 0.277 e. The molecule has 8 nitrogen and oxygen atoms in total. The minimum atomic E-state index is -0.287. The Kier molecular flexibility index (Phi) is 3.45. The van der Waals surface area contributed by atoms with Crippen LogP contribution in [0.3, 0.4) is 0 Å². The lowest BCUT2D eigenvalue weighted by atomic mass is 10.5. The number of aromatic amines is 1. The highest BCUT2D eigenvalue weighted by atomic mass is 16.5. The second kappa shape index (κ2) is 5.02. The van der Waals surface area contributed by atoms with E-state index >= 15 is 0 Å². The fourth-order valence-corrected chi connectivity index (χ4v) is 1.56. The molecule has 0 fully saturated rings. The summed E-state index contributed by atoms with van der Waals surface area (Å²) in [6.45, 7) is 1.31. The normalized spacial score (nSPS) is 13.6. The first-order valence-electron chi connectivity index (χ1n) is 5.29. The van der Waals surface area contributed by atoms with Crippen LogP contribution in [0.5, 0.6) is 0 Å². The summed E-state index contributed by atoms with van der Waals surface area (Å²) in [5.41, 5.74) is 5.60. The SMILES string of the molecule is Nc1nc2c(c(=O)[nH]1)NCN2COCCCO. The number of ether oxygens (including phenoxy) is 1. The van der Waals surface area contributed by atoms with Gasteiger partial charge in [-0.2, -0.15) is 4.98 Å². The van der Waals surface area contributed by atoms with E-state index in [0.29, 0.717) is 37.9 Å². The van der Waals surface area contributed by atoms with Gasteiger partial charge in [0.2, 0.25) is 5.95 Å². The Labute approximate surface area is 97.4 Å². The number of nitrogens with one attached hydrogen (secondary N) is 2. The van der Waals surface area contributed by atoms with Crippen molar-refractivity contribution in [2.24, 2.45) is 0 Å². The average molecular weight is 241 g/mol. The van der Waals surface area contributed by atoms with Crippen molar-refractivity contribution in [1.29, 1.82) is 0 Å². The number of nitrogen functional groups attached to an aromatic ring is 1. The third kappa shape index (κ3) is 2.48. The summed E-state index contributed by atoms with van der Waals surface area (Å²) in [6.07, 6.45) is 0.582. The predicted molar refractivity (Wildman–Crippen MR) is 62.8 cm³/mol. The molecular weight excluding hydrogens is 226 g/mol. The van der Waals surface area contributed by atoms with E-state index in [1.54, 1.807) is 4.90 Å². The van der Waals surface area contributed by atoms with Gasteiger partial charge in [-0.1, -0.05) is 0 Å². The number of anilines is 3. The number of H-pyrrole nitrogens is 1. The van der Waals surface area contributed by atoms with E-state index in [0.717, 1.165) is 0 Å². The lowest BCUT2D eigenvalue weighted by molar-refractivity contribution is 0.117. The van der Waals surface area contributed by atoms with Crippen molar-refractivity contribution in [3.8, 4) is 0 Å². The molecule has 0 radical (unpaired) electrons. The molecule has 0 bridgehead atoms. The molecule has 0 spiro atoms. The van der Waals surface area contributed by atoms with Crippen molar-refractivity contribution in [1.82, 2.24) is 9.97 Å². The monoisotopic (exact) mass is 241 g/mol. The summed E-state index contributed by atoms with van der Waals surface area (Å²) >= 11 is 0. The zero-order valence-electron chi connectivity index (χ0n) is 9.27.